The van der Waals surface area contributed by atoms with Crippen molar-refractivity contribution in [1.82, 2.24) is 14.8 Å². The molecule has 1 N–H and O–H groups in total. The number of para-hydroxylation sites is 1. The second-order valence-corrected chi connectivity index (χ2v) is 9.06. The minimum Gasteiger partial charge on any atom is -0.497 e. The maximum Gasteiger partial charge on any atom is 0.246 e. The summed E-state index contributed by atoms with van der Waals surface area (Å²) in [6.45, 7) is 2.88. The summed E-state index contributed by atoms with van der Waals surface area (Å²) in [5.74, 6) is 1.30. The third-order valence-electron chi connectivity index (χ3n) is 7.11. The molecule has 0 bridgehead atoms. The number of unbranched alkanes of at least 4 members (excludes halogenated alkanes) is 2. The van der Waals surface area contributed by atoms with E-state index in [0.29, 0.717) is 24.5 Å². The maximum absolute atomic E-state index is 13.7. The number of hydrogen-bond donors (Lipinski definition) is 1. The van der Waals surface area contributed by atoms with E-state index in [4.69, 9.17) is 9.47 Å². The number of piperazine rings is 1. The molecule has 7 heteroatoms. The lowest BCUT2D eigenvalue weighted by atomic mass is 9.85. The Hall–Kier alpha value is -3.48. The molecular formula is C27H31N3O4. The van der Waals surface area contributed by atoms with Crippen LogP contribution in [0.25, 0.3) is 10.9 Å². The second-order valence-electron chi connectivity index (χ2n) is 9.06. The van der Waals surface area contributed by atoms with E-state index < -0.39 is 12.1 Å². The van der Waals surface area contributed by atoms with E-state index in [1.807, 2.05) is 36.4 Å². The van der Waals surface area contributed by atoms with Gasteiger partial charge in [-0.1, -0.05) is 38.0 Å². The average molecular weight is 462 g/mol. The molecule has 0 spiro atoms. The fourth-order valence-corrected chi connectivity index (χ4v) is 5.43. The van der Waals surface area contributed by atoms with Crippen LogP contribution in [0.4, 0.5) is 0 Å². The highest BCUT2D eigenvalue weighted by molar-refractivity contribution is 5.97. The van der Waals surface area contributed by atoms with Crippen LogP contribution in [0.3, 0.4) is 0 Å². The standard InChI is InChI=1S/C27H31N3O4/c1-4-5-8-13-29-16-24(31)30-22(27(29)32)15-20-18-9-6-7-10-21(18)28-25(20)26(30)19-12-11-17(33-2)14-23(19)34-3/h6-7,9-12,14,22,26,28H,4-5,8,13,15-16H2,1-3H3/t22-,26+/m0/s1. The minimum atomic E-state index is -0.536. The van der Waals surface area contributed by atoms with Crippen LogP contribution in [0.2, 0.25) is 0 Å². The van der Waals surface area contributed by atoms with Crippen LogP contribution in [0.15, 0.2) is 42.5 Å². The van der Waals surface area contributed by atoms with Crippen molar-refractivity contribution in [3.8, 4) is 11.5 Å². The molecule has 2 aliphatic rings. The average Bonchev–Trinajstić information content (AvgIpc) is 3.24. The summed E-state index contributed by atoms with van der Waals surface area (Å²) in [6, 6.07) is 12.8. The molecule has 5 rings (SSSR count). The molecule has 0 unspecified atom stereocenters. The predicted molar refractivity (Wildman–Crippen MR) is 130 cm³/mol. The molecule has 1 fully saturated rings. The Labute approximate surface area is 199 Å². The predicted octanol–water partition coefficient (Wildman–Crippen LogP) is 4.06. The third kappa shape index (κ3) is 3.59. The number of fused-ring (bicyclic) bond motifs is 4. The molecular weight excluding hydrogens is 430 g/mol. The number of carbonyl (C=O) groups is 2. The number of carbonyl (C=O) groups excluding carboxylic acids is 2. The first kappa shape index (κ1) is 22.3. The summed E-state index contributed by atoms with van der Waals surface area (Å²) in [6.07, 6.45) is 3.54. The lowest BCUT2D eigenvalue weighted by Crippen LogP contribution is -2.63. The molecule has 2 aromatic carbocycles. The number of aromatic nitrogens is 1. The lowest BCUT2D eigenvalue weighted by molar-refractivity contribution is -0.158. The Morgan fingerprint density at radius 2 is 1.88 bits per heavy atom. The van der Waals surface area contributed by atoms with Crippen molar-refractivity contribution in [2.75, 3.05) is 27.3 Å². The van der Waals surface area contributed by atoms with Crippen molar-refractivity contribution < 1.29 is 19.1 Å². The number of benzene rings is 2. The largest absolute Gasteiger partial charge is 0.497 e. The molecule has 3 heterocycles. The summed E-state index contributed by atoms with van der Waals surface area (Å²) in [4.78, 5) is 34.4. The number of amides is 2. The molecule has 0 saturated carbocycles. The SMILES string of the molecule is CCCCCN1CC(=O)N2[C@H](c3ccc(OC)cc3OC)c3[nH]c4ccccc4c3C[C@H]2C1=O. The molecule has 1 saturated heterocycles. The van der Waals surface area contributed by atoms with Gasteiger partial charge in [-0.15, -0.1) is 0 Å². The first-order chi connectivity index (χ1) is 16.6. The number of hydrogen-bond acceptors (Lipinski definition) is 4. The molecule has 0 aliphatic carbocycles. The molecule has 2 amide bonds. The molecule has 178 valence electrons. The normalized spacial score (nSPS) is 19.9. The van der Waals surface area contributed by atoms with Gasteiger partial charge in [-0.2, -0.15) is 0 Å². The van der Waals surface area contributed by atoms with Gasteiger partial charge in [-0.05, 0) is 30.2 Å². The van der Waals surface area contributed by atoms with Gasteiger partial charge in [0.25, 0.3) is 0 Å². The van der Waals surface area contributed by atoms with E-state index in [-0.39, 0.29) is 18.4 Å². The van der Waals surface area contributed by atoms with Crippen molar-refractivity contribution in [3.63, 3.8) is 0 Å². The van der Waals surface area contributed by atoms with Crippen molar-refractivity contribution in [2.24, 2.45) is 0 Å². The number of methoxy groups -OCH3 is 2. The maximum atomic E-state index is 13.7. The molecule has 0 radical (unpaired) electrons. The number of nitrogens with one attached hydrogen (secondary N) is 1. The lowest BCUT2D eigenvalue weighted by Gasteiger charge is -2.47. The topological polar surface area (TPSA) is 74.9 Å². The summed E-state index contributed by atoms with van der Waals surface area (Å²) in [7, 11) is 3.23. The highest BCUT2D eigenvalue weighted by Crippen LogP contribution is 2.45. The Morgan fingerprint density at radius 3 is 2.65 bits per heavy atom. The molecule has 2 atom stereocenters. The summed E-state index contributed by atoms with van der Waals surface area (Å²) < 4.78 is 11.1. The number of aromatic amines is 1. The van der Waals surface area contributed by atoms with Crippen LogP contribution >= 0.6 is 0 Å². The van der Waals surface area contributed by atoms with Crippen molar-refractivity contribution >= 4 is 22.7 Å². The molecule has 3 aromatic rings. The van der Waals surface area contributed by atoms with Crippen LogP contribution in [-0.2, 0) is 16.0 Å². The summed E-state index contributed by atoms with van der Waals surface area (Å²) >= 11 is 0. The smallest absolute Gasteiger partial charge is 0.246 e. The van der Waals surface area contributed by atoms with Crippen LogP contribution in [0.1, 0.15) is 49.0 Å². The highest BCUT2D eigenvalue weighted by Gasteiger charge is 2.48. The summed E-state index contributed by atoms with van der Waals surface area (Å²) in [5, 5.41) is 1.10. The number of rotatable bonds is 7. The molecule has 1 aromatic heterocycles. The van der Waals surface area contributed by atoms with Crippen LogP contribution in [0.5, 0.6) is 11.5 Å². The van der Waals surface area contributed by atoms with Crippen LogP contribution < -0.4 is 9.47 Å². The molecule has 34 heavy (non-hydrogen) atoms. The quantitative estimate of drug-likeness (QED) is 0.539. The zero-order valence-corrected chi connectivity index (χ0v) is 20.0. The minimum absolute atomic E-state index is 0.0316. The van der Waals surface area contributed by atoms with Gasteiger partial charge in [0, 0.05) is 41.2 Å². The third-order valence-corrected chi connectivity index (χ3v) is 7.11. The van der Waals surface area contributed by atoms with E-state index in [1.165, 1.54) is 0 Å². The van der Waals surface area contributed by atoms with Gasteiger partial charge in [-0.3, -0.25) is 9.59 Å². The fourth-order valence-electron chi connectivity index (χ4n) is 5.43. The van der Waals surface area contributed by atoms with Gasteiger partial charge in [-0.25, -0.2) is 0 Å². The van der Waals surface area contributed by atoms with Crippen molar-refractivity contribution in [2.45, 2.75) is 44.7 Å². The number of nitrogens with zero attached hydrogens (tertiary/aromatic N) is 2. The van der Waals surface area contributed by atoms with Gasteiger partial charge in [0.05, 0.1) is 20.8 Å². The fraction of sp³-hybridized carbons (Fsp3) is 0.407. The van der Waals surface area contributed by atoms with E-state index in [2.05, 4.69) is 18.0 Å². The first-order valence-electron chi connectivity index (χ1n) is 12.0. The Balaban J connectivity index is 1.65. The Morgan fingerprint density at radius 1 is 1.06 bits per heavy atom. The molecule has 2 aliphatic heterocycles. The van der Waals surface area contributed by atoms with Crippen LogP contribution in [0, 0.1) is 0 Å². The Bertz CT molecular complexity index is 1230. The van der Waals surface area contributed by atoms with E-state index >= 15 is 0 Å². The van der Waals surface area contributed by atoms with Gasteiger partial charge in [0.2, 0.25) is 11.8 Å². The van der Waals surface area contributed by atoms with Crippen molar-refractivity contribution in [1.29, 1.82) is 0 Å². The number of H-pyrrole nitrogens is 1. The van der Waals surface area contributed by atoms with Gasteiger partial charge in [0.1, 0.15) is 23.6 Å². The highest BCUT2D eigenvalue weighted by atomic mass is 16.5. The number of ether oxygens (including phenoxy) is 2. The van der Waals surface area contributed by atoms with Crippen molar-refractivity contribution in [3.05, 3.63) is 59.3 Å². The first-order valence-corrected chi connectivity index (χ1v) is 12.0. The van der Waals surface area contributed by atoms with E-state index in [1.54, 1.807) is 24.0 Å². The van der Waals surface area contributed by atoms with E-state index in [9.17, 15) is 9.59 Å². The van der Waals surface area contributed by atoms with Crippen LogP contribution in [-0.4, -0.2) is 59.9 Å². The van der Waals surface area contributed by atoms with Gasteiger partial charge >= 0.3 is 0 Å². The van der Waals surface area contributed by atoms with Gasteiger partial charge in [0.15, 0.2) is 0 Å². The second kappa shape index (κ2) is 9.05. The molecule has 7 nitrogen and oxygen atoms in total. The monoisotopic (exact) mass is 461 g/mol. The zero-order valence-electron chi connectivity index (χ0n) is 20.0. The van der Waals surface area contributed by atoms with Gasteiger partial charge < -0.3 is 24.3 Å². The summed E-state index contributed by atoms with van der Waals surface area (Å²) in [5.41, 5.74) is 3.88. The Kier molecular flexibility index (Phi) is 5.94. The zero-order chi connectivity index (χ0) is 23.8. The van der Waals surface area contributed by atoms with E-state index in [0.717, 1.165) is 47.0 Å².